The van der Waals surface area contributed by atoms with Crippen LogP contribution in [0.2, 0.25) is 0 Å². The van der Waals surface area contributed by atoms with Gasteiger partial charge in [0.15, 0.2) is 0 Å². The topological polar surface area (TPSA) is 46.4 Å². The molecule has 0 radical (unpaired) electrons. The van der Waals surface area contributed by atoms with E-state index in [2.05, 4.69) is 10.3 Å². The number of anilines is 1. The number of imidazole rings is 1. The lowest BCUT2D eigenvalue weighted by molar-refractivity contribution is 0.102. The minimum absolute atomic E-state index is 0.282. The van der Waals surface area contributed by atoms with Crippen LogP contribution in [0.25, 0.3) is 16.9 Å². The summed E-state index contributed by atoms with van der Waals surface area (Å²) in [6, 6.07) is 18.8. The molecule has 0 fully saturated rings. The first-order chi connectivity index (χ1) is 12.2. The van der Waals surface area contributed by atoms with Crippen molar-refractivity contribution in [2.24, 2.45) is 0 Å². The minimum Gasteiger partial charge on any atom is -0.322 e. The minimum atomic E-state index is -0.435. The molecule has 2 heterocycles. The quantitative estimate of drug-likeness (QED) is 0.605. The van der Waals surface area contributed by atoms with E-state index in [1.165, 1.54) is 18.2 Å². The van der Waals surface area contributed by atoms with Gasteiger partial charge >= 0.3 is 0 Å². The standard InChI is InChI=1S/C20H14FN3O/c21-16-5-3-4-15(12-16)20(25)22-17-9-7-14(8-10-17)18-13-24-11-2-1-6-19(24)23-18/h1-13H,(H,22,25). The van der Waals surface area contributed by atoms with Gasteiger partial charge in [0.2, 0.25) is 0 Å². The van der Waals surface area contributed by atoms with E-state index in [-0.39, 0.29) is 11.5 Å². The van der Waals surface area contributed by atoms with Crippen molar-refractivity contribution in [3.63, 3.8) is 0 Å². The second-order valence-electron chi connectivity index (χ2n) is 5.63. The third kappa shape index (κ3) is 3.12. The number of rotatable bonds is 3. The van der Waals surface area contributed by atoms with Crippen molar-refractivity contribution in [2.45, 2.75) is 0 Å². The van der Waals surface area contributed by atoms with Crippen LogP contribution in [-0.4, -0.2) is 15.3 Å². The smallest absolute Gasteiger partial charge is 0.255 e. The third-order valence-corrected chi connectivity index (χ3v) is 3.89. The van der Waals surface area contributed by atoms with Crippen LogP contribution in [0, 0.1) is 5.82 Å². The number of halogens is 1. The van der Waals surface area contributed by atoms with Crippen LogP contribution in [0.15, 0.2) is 79.1 Å². The number of carbonyl (C=O) groups is 1. The average Bonchev–Trinajstić information content (AvgIpc) is 3.06. The largest absolute Gasteiger partial charge is 0.322 e. The Balaban J connectivity index is 1.54. The molecule has 0 saturated carbocycles. The van der Waals surface area contributed by atoms with Gasteiger partial charge in [-0.3, -0.25) is 4.79 Å². The molecule has 0 atom stereocenters. The molecular weight excluding hydrogens is 317 g/mol. The summed E-state index contributed by atoms with van der Waals surface area (Å²) in [5.41, 5.74) is 3.61. The maximum atomic E-state index is 13.2. The number of amides is 1. The predicted molar refractivity (Wildman–Crippen MR) is 95.0 cm³/mol. The van der Waals surface area contributed by atoms with Crippen LogP contribution in [0.5, 0.6) is 0 Å². The van der Waals surface area contributed by atoms with Gasteiger partial charge in [-0.2, -0.15) is 0 Å². The Hall–Kier alpha value is -3.47. The Morgan fingerprint density at radius 3 is 2.60 bits per heavy atom. The van der Waals surface area contributed by atoms with E-state index in [0.717, 1.165) is 16.9 Å². The summed E-state index contributed by atoms with van der Waals surface area (Å²) in [5, 5.41) is 2.76. The number of nitrogens with one attached hydrogen (secondary N) is 1. The second kappa shape index (κ2) is 6.20. The van der Waals surface area contributed by atoms with Crippen molar-refractivity contribution in [1.29, 1.82) is 0 Å². The highest BCUT2D eigenvalue weighted by molar-refractivity contribution is 6.04. The molecule has 5 heteroatoms. The SMILES string of the molecule is O=C(Nc1ccc(-c2cn3ccccc3n2)cc1)c1cccc(F)c1. The molecule has 0 aliphatic rings. The summed E-state index contributed by atoms with van der Waals surface area (Å²) in [7, 11) is 0. The maximum absolute atomic E-state index is 13.2. The normalized spacial score (nSPS) is 10.8. The Morgan fingerprint density at radius 1 is 1.00 bits per heavy atom. The lowest BCUT2D eigenvalue weighted by Gasteiger charge is -2.06. The highest BCUT2D eigenvalue weighted by atomic mass is 19.1. The number of hydrogen-bond donors (Lipinski definition) is 1. The Morgan fingerprint density at radius 2 is 1.84 bits per heavy atom. The maximum Gasteiger partial charge on any atom is 0.255 e. The summed E-state index contributed by atoms with van der Waals surface area (Å²) in [6.07, 6.45) is 3.90. The highest BCUT2D eigenvalue weighted by Crippen LogP contribution is 2.21. The summed E-state index contributed by atoms with van der Waals surface area (Å²) in [6.45, 7) is 0. The molecule has 4 nitrogen and oxygen atoms in total. The molecule has 25 heavy (non-hydrogen) atoms. The van der Waals surface area contributed by atoms with E-state index >= 15 is 0 Å². The van der Waals surface area contributed by atoms with Gasteiger partial charge in [0, 0.05) is 29.2 Å². The first-order valence-electron chi connectivity index (χ1n) is 7.80. The first-order valence-corrected chi connectivity index (χ1v) is 7.80. The lowest BCUT2D eigenvalue weighted by atomic mass is 10.1. The van der Waals surface area contributed by atoms with Gasteiger partial charge < -0.3 is 9.72 Å². The van der Waals surface area contributed by atoms with E-state index in [1.807, 2.05) is 47.1 Å². The molecule has 0 spiro atoms. The number of benzene rings is 2. The van der Waals surface area contributed by atoms with E-state index in [0.29, 0.717) is 5.69 Å². The van der Waals surface area contributed by atoms with Crippen molar-refractivity contribution in [2.75, 3.05) is 5.32 Å². The van der Waals surface area contributed by atoms with E-state index in [4.69, 9.17) is 0 Å². The number of nitrogens with zero attached hydrogens (tertiary/aromatic N) is 2. The Bertz CT molecular complexity index is 1020. The molecule has 0 saturated heterocycles. The Labute approximate surface area is 143 Å². The third-order valence-electron chi connectivity index (χ3n) is 3.89. The van der Waals surface area contributed by atoms with Crippen molar-refractivity contribution >= 4 is 17.2 Å². The van der Waals surface area contributed by atoms with Crippen molar-refractivity contribution < 1.29 is 9.18 Å². The fourth-order valence-electron chi connectivity index (χ4n) is 2.63. The molecular formula is C20H14FN3O. The van der Waals surface area contributed by atoms with Crippen molar-refractivity contribution in [1.82, 2.24) is 9.38 Å². The van der Waals surface area contributed by atoms with Crippen LogP contribution < -0.4 is 5.32 Å². The van der Waals surface area contributed by atoms with Gasteiger partial charge in [-0.25, -0.2) is 9.37 Å². The number of aromatic nitrogens is 2. The molecule has 1 amide bonds. The predicted octanol–water partition coefficient (Wildman–Crippen LogP) is 4.39. The molecule has 4 aromatic rings. The molecule has 2 aromatic carbocycles. The monoisotopic (exact) mass is 331 g/mol. The molecule has 1 N–H and O–H groups in total. The second-order valence-corrected chi connectivity index (χ2v) is 5.63. The molecule has 0 aliphatic carbocycles. The van der Waals surface area contributed by atoms with E-state index in [9.17, 15) is 9.18 Å². The van der Waals surface area contributed by atoms with Crippen molar-refractivity contribution in [3.05, 3.63) is 90.5 Å². The molecule has 2 aromatic heterocycles. The van der Waals surface area contributed by atoms with Crippen LogP contribution in [0.4, 0.5) is 10.1 Å². The van der Waals surface area contributed by atoms with Crippen LogP contribution >= 0.6 is 0 Å². The zero-order chi connectivity index (χ0) is 17.2. The fourth-order valence-corrected chi connectivity index (χ4v) is 2.63. The molecule has 4 rings (SSSR count). The summed E-state index contributed by atoms with van der Waals surface area (Å²) in [4.78, 5) is 16.7. The highest BCUT2D eigenvalue weighted by Gasteiger charge is 2.08. The van der Waals surface area contributed by atoms with E-state index in [1.54, 1.807) is 18.2 Å². The fraction of sp³-hybridized carbons (Fsp3) is 0. The number of hydrogen-bond acceptors (Lipinski definition) is 2. The summed E-state index contributed by atoms with van der Waals surface area (Å²) in [5.74, 6) is -0.783. The van der Waals surface area contributed by atoms with E-state index < -0.39 is 5.82 Å². The van der Waals surface area contributed by atoms with Gasteiger partial charge in [0.25, 0.3) is 5.91 Å². The molecule has 0 aliphatic heterocycles. The van der Waals surface area contributed by atoms with Crippen LogP contribution in [0.1, 0.15) is 10.4 Å². The molecule has 0 bridgehead atoms. The number of carbonyl (C=O) groups excluding carboxylic acids is 1. The number of pyridine rings is 1. The lowest BCUT2D eigenvalue weighted by Crippen LogP contribution is -2.11. The van der Waals surface area contributed by atoms with Gasteiger partial charge in [-0.15, -0.1) is 0 Å². The summed E-state index contributed by atoms with van der Waals surface area (Å²) >= 11 is 0. The first kappa shape index (κ1) is 15.1. The zero-order valence-electron chi connectivity index (χ0n) is 13.2. The van der Waals surface area contributed by atoms with Gasteiger partial charge in [-0.05, 0) is 42.5 Å². The Kier molecular flexibility index (Phi) is 3.74. The zero-order valence-corrected chi connectivity index (χ0v) is 13.2. The van der Waals surface area contributed by atoms with Crippen molar-refractivity contribution in [3.8, 4) is 11.3 Å². The van der Waals surface area contributed by atoms with Gasteiger partial charge in [0.1, 0.15) is 11.5 Å². The van der Waals surface area contributed by atoms with Crippen LogP contribution in [0.3, 0.4) is 0 Å². The number of fused-ring (bicyclic) bond motifs is 1. The van der Waals surface area contributed by atoms with Gasteiger partial charge in [-0.1, -0.05) is 24.3 Å². The average molecular weight is 331 g/mol. The van der Waals surface area contributed by atoms with Crippen LogP contribution in [-0.2, 0) is 0 Å². The summed E-state index contributed by atoms with van der Waals surface area (Å²) < 4.78 is 15.2. The molecule has 122 valence electrons. The molecule has 0 unspecified atom stereocenters. The van der Waals surface area contributed by atoms with Gasteiger partial charge in [0.05, 0.1) is 5.69 Å².